The average molecular weight is 780 g/mol. The fraction of sp³-hybridized carbons (Fsp3) is 0.400. The van der Waals surface area contributed by atoms with Gasteiger partial charge in [-0.2, -0.15) is 0 Å². The number of carbonyl (C=O) groups is 3. The molecule has 7 heterocycles. The van der Waals surface area contributed by atoms with Crippen LogP contribution in [0.2, 0.25) is 0 Å². The van der Waals surface area contributed by atoms with Crippen molar-refractivity contribution in [1.82, 2.24) is 30.1 Å². The van der Waals surface area contributed by atoms with E-state index in [9.17, 15) is 14.4 Å². The number of nitrogens with zero attached hydrogens (tertiary/aromatic N) is 8. The smallest absolute Gasteiger partial charge is 0.328 e. The van der Waals surface area contributed by atoms with Crippen LogP contribution in [0.15, 0.2) is 48.8 Å². The number of urea groups is 1. The first-order chi connectivity index (χ1) is 27.7. The summed E-state index contributed by atoms with van der Waals surface area (Å²) in [5, 5.41) is 8.79. The minimum Gasteiger partial charge on any atom is -0.474 e. The normalized spacial score (nSPS) is 18.6. The summed E-state index contributed by atoms with van der Waals surface area (Å²) in [5.41, 5.74) is 6.68. The molecule has 9 rings (SSSR count). The summed E-state index contributed by atoms with van der Waals surface area (Å²) >= 11 is 0. The Hall–Kier alpha value is -6.10. The van der Waals surface area contributed by atoms with E-state index in [2.05, 4.69) is 42.6 Å². The molecule has 0 aliphatic carbocycles. The molecule has 0 saturated carbocycles. The standard InChI is InChI=1S/C40H43F2N11O4/c1-24-34(20-44-38-37(24)43-8-15-57-38)51-9-6-26-19-45-39(47-32(26)23-51)46-27-3-2-25(30(41)17-27)16-36(55)50-13-11-49(12-14-50)29-21-52(22-29)33-5-4-28(18-31(33)42)53-10-7-35(54)48-40(53)56/h2-5,17-20,29,43H,6-16,21-23H2,1H3,(H,45,46,47)(H,48,54,56). The van der Waals surface area contributed by atoms with E-state index in [4.69, 9.17) is 9.72 Å². The SMILES string of the molecule is Cc1c(N2CCc3cnc(Nc4ccc(CC(=O)N5CCN(C6CN(c7ccc(N8CCC(=O)NC8=O)cc7F)C6)CC5)c(F)c4)nc3C2)cnc2c1NCCO2. The summed E-state index contributed by atoms with van der Waals surface area (Å²) in [7, 11) is 0. The lowest BCUT2D eigenvalue weighted by molar-refractivity contribution is -0.132. The number of imide groups is 1. The lowest BCUT2D eigenvalue weighted by atomic mass is 10.0. The Labute approximate surface area is 328 Å². The van der Waals surface area contributed by atoms with Crippen molar-refractivity contribution in [3.8, 4) is 5.88 Å². The van der Waals surface area contributed by atoms with Gasteiger partial charge in [-0.1, -0.05) is 6.07 Å². The lowest BCUT2D eigenvalue weighted by Crippen LogP contribution is -2.63. The van der Waals surface area contributed by atoms with Crippen LogP contribution in [0.3, 0.4) is 0 Å². The molecule has 4 amide bonds. The van der Waals surface area contributed by atoms with Crippen molar-refractivity contribution in [2.24, 2.45) is 0 Å². The van der Waals surface area contributed by atoms with Crippen LogP contribution >= 0.6 is 0 Å². The third-order valence-electron chi connectivity index (χ3n) is 11.5. The van der Waals surface area contributed by atoms with Crippen LogP contribution in [0.25, 0.3) is 0 Å². The van der Waals surface area contributed by atoms with Gasteiger partial charge in [0.25, 0.3) is 0 Å². The van der Waals surface area contributed by atoms with Gasteiger partial charge in [0.1, 0.15) is 23.9 Å². The number of anilines is 6. The van der Waals surface area contributed by atoms with Crippen LogP contribution in [0.1, 0.15) is 28.8 Å². The Bertz CT molecular complexity index is 2250. The molecule has 296 valence electrons. The van der Waals surface area contributed by atoms with E-state index in [0.29, 0.717) is 86.9 Å². The van der Waals surface area contributed by atoms with Gasteiger partial charge in [0.05, 0.1) is 36.2 Å². The molecule has 4 aromatic rings. The van der Waals surface area contributed by atoms with E-state index in [1.807, 2.05) is 17.3 Å². The van der Waals surface area contributed by atoms with Gasteiger partial charge in [0, 0.05) is 94.5 Å². The van der Waals surface area contributed by atoms with E-state index in [0.717, 1.165) is 47.7 Å². The highest BCUT2D eigenvalue weighted by Gasteiger charge is 2.36. The van der Waals surface area contributed by atoms with Gasteiger partial charge < -0.3 is 30.1 Å². The predicted molar refractivity (Wildman–Crippen MR) is 209 cm³/mol. The number of halogens is 2. The number of nitrogens with one attached hydrogen (secondary N) is 3. The Morgan fingerprint density at radius 1 is 0.930 bits per heavy atom. The van der Waals surface area contributed by atoms with Crippen molar-refractivity contribution in [1.29, 1.82) is 0 Å². The van der Waals surface area contributed by atoms with Crippen molar-refractivity contribution in [2.45, 2.75) is 38.8 Å². The number of benzene rings is 2. The average Bonchev–Trinajstić information content (AvgIpc) is 3.19. The van der Waals surface area contributed by atoms with Gasteiger partial charge in [-0.25, -0.2) is 28.5 Å². The van der Waals surface area contributed by atoms with Crippen molar-refractivity contribution >= 4 is 52.2 Å². The number of piperazine rings is 1. The topological polar surface area (TPSA) is 151 Å². The van der Waals surface area contributed by atoms with Crippen molar-refractivity contribution < 1.29 is 27.9 Å². The van der Waals surface area contributed by atoms with Crippen LogP contribution < -0.4 is 35.4 Å². The summed E-state index contributed by atoms with van der Waals surface area (Å²) in [5.74, 6) is -0.379. The molecule has 17 heteroatoms. The van der Waals surface area contributed by atoms with E-state index in [1.165, 1.54) is 17.0 Å². The molecule has 0 bridgehead atoms. The van der Waals surface area contributed by atoms with Crippen LogP contribution in [-0.2, 0) is 29.0 Å². The maximum Gasteiger partial charge on any atom is 0.328 e. The number of rotatable bonds is 8. The molecule has 0 atom stereocenters. The van der Waals surface area contributed by atoms with Gasteiger partial charge in [0.15, 0.2) is 0 Å². The number of amides is 4. The predicted octanol–water partition coefficient (Wildman–Crippen LogP) is 3.59. The fourth-order valence-electron chi connectivity index (χ4n) is 8.22. The van der Waals surface area contributed by atoms with E-state index >= 15 is 8.78 Å². The van der Waals surface area contributed by atoms with Crippen LogP contribution in [-0.4, -0.2) is 114 Å². The molecule has 3 saturated heterocycles. The number of aromatic nitrogens is 3. The molecule has 3 N–H and O–H groups in total. The molecule has 3 fully saturated rings. The van der Waals surface area contributed by atoms with E-state index < -0.39 is 17.7 Å². The number of fused-ring (bicyclic) bond motifs is 2. The maximum absolute atomic E-state index is 15.4. The zero-order valence-corrected chi connectivity index (χ0v) is 31.6. The minimum absolute atomic E-state index is 0.0439. The summed E-state index contributed by atoms with van der Waals surface area (Å²) in [6.07, 6.45) is 4.58. The third-order valence-corrected chi connectivity index (χ3v) is 11.5. The van der Waals surface area contributed by atoms with Crippen LogP contribution in [0.5, 0.6) is 5.88 Å². The zero-order valence-electron chi connectivity index (χ0n) is 31.6. The summed E-state index contributed by atoms with van der Waals surface area (Å²) in [6.45, 7) is 8.69. The number of hydrogen-bond acceptors (Lipinski definition) is 12. The molecule has 15 nitrogen and oxygen atoms in total. The summed E-state index contributed by atoms with van der Waals surface area (Å²) in [4.78, 5) is 60.3. The van der Waals surface area contributed by atoms with Gasteiger partial charge in [-0.05, 0) is 54.8 Å². The molecule has 5 aliphatic rings. The summed E-state index contributed by atoms with van der Waals surface area (Å²) < 4.78 is 36.2. The molecule has 5 aliphatic heterocycles. The van der Waals surface area contributed by atoms with Gasteiger partial charge in [-0.3, -0.25) is 24.7 Å². The van der Waals surface area contributed by atoms with Gasteiger partial charge in [0.2, 0.25) is 23.6 Å². The molecule has 0 unspecified atom stereocenters. The Balaban J connectivity index is 0.753. The Morgan fingerprint density at radius 2 is 1.77 bits per heavy atom. The molecule has 0 spiro atoms. The Kier molecular flexibility index (Phi) is 9.68. The van der Waals surface area contributed by atoms with Gasteiger partial charge >= 0.3 is 6.03 Å². The van der Waals surface area contributed by atoms with Crippen molar-refractivity contribution in [3.63, 3.8) is 0 Å². The highest BCUT2D eigenvalue weighted by molar-refractivity contribution is 6.05. The third kappa shape index (κ3) is 7.34. The molecular formula is C40H43F2N11O4. The second kappa shape index (κ2) is 15.1. The number of ether oxygens (including phenoxy) is 1. The van der Waals surface area contributed by atoms with Crippen molar-refractivity contribution in [2.75, 3.05) is 90.8 Å². The van der Waals surface area contributed by atoms with Crippen molar-refractivity contribution in [3.05, 3.63) is 82.8 Å². The maximum atomic E-state index is 15.4. The van der Waals surface area contributed by atoms with Crippen LogP contribution in [0, 0.1) is 18.6 Å². The number of hydrogen-bond donors (Lipinski definition) is 3. The van der Waals surface area contributed by atoms with E-state index in [1.54, 1.807) is 29.2 Å². The molecule has 0 radical (unpaired) electrons. The second-order valence-corrected chi connectivity index (χ2v) is 15.0. The molecule has 2 aromatic carbocycles. The minimum atomic E-state index is -0.550. The molecular weight excluding hydrogens is 737 g/mol. The molecule has 57 heavy (non-hydrogen) atoms. The molecule has 2 aromatic heterocycles. The van der Waals surface area contributed by atoms with E-state index in [-0.39, 0.29) is 37.2 Å². The highest BCUT2D eigenvalue weighted by atomic mass is 19.1. The number of carbonyl (C=O) groups excluding carboxylic acids is 3. The number of pyridine rings is 1. The first-order valence-corrected chi connectivity index (χ1v) is 19.4. The highest BCUT2D eigenvalue weighted by Crippen LogP contribution is 2.36. The first kappa shape index (κ1) is 36.5. The Morgan fingerprint density at radius 3 is 2.56 bits per heavy atom. The quantitative estimate of drug-likeness (QED) is 0.240. The summed E-state index contributed by atoms with van der Waals surface area (Å²) in [6, 6.07) is 9.11. The first-order valence-electron chi connectivity index (χ1n) is 19.4. The largest absolute Gasteiger partial charge is 0.474 e. The monoisotopic (exact) mass is 779 g/mol. The van der Waals surface area contributed by atoms with Gasteiger partial charge in [-0.15, -0.1) is 0 Å². The second-order valence-electron chi connectivity index (χ2n) is 15.0. The van der Waals surface area contributed by atoms with Crippen LogP contribution in [0.4, 0.5) is 48.0 Å². The fourth-order valence-corrected chi connectivity index (χ4v) is 8.22. The zero-order chi connectivity index (χ0) is 39.2. The lowest BCUT2D eigenvalue weighted by Gasteiger charge is -2.49.